The number of benzene rings is 3. The molecule has 3 aromatic carbocycles. The van der Waals surface area contributed by atoms with E-state index in [1.54, 1.807) is 12.3 Å². The zero-order valence-electron chi connectivity index (χ0n) is 21.0. The Morgan fingerprint density at radius 1 is 0.737 bits per heavy atom. The van der Waals surface area contributed by atoms with Gasteiger partial charge in [0.1, 0.15) is 24.1 Å². The molecular formula is C30H31N3O5. The number of hydrogen-bond acceptors (Lipinski definition) is 7. The van der Waals surface area contributed by atoms with Crippen LogP contribution in [0.15, 0.2) is 108 Å². The monoisotopic (exact) mass is 513 g/mol. The maximum Gasteiger partial charge on any atom is 0.351 e. The maximum atomic E-state index is 12.8. The first kappa shape index (κ1) is 25.8. The molecule has 1 fully saturated rings. The first-order chi connectivity index (χ1) is 18.7. The molecule has 2 N–H and O–H groups in total. The molecule has 1 aliphatic heterocycles. The molecule has 0 amide bonds. The van der Waals surface area contributed by atoms with E-state index in [2.05, 4.69) is 4.98 Å². The molecule has 4 atom stereocenters. The van der Waals surface area contributed by atoms with Crippen molar-refractivity contribution in [3.8, 4) is 0 Å². The molecule has 0 radical (unpaired) electrons. The van der Waals surface area contributed by atoms with Gasteiger partial charge in [0.25, 0.3) is 0 Å². The average molecular weight is 514 g/mol. The van der Waals surface area contributed by atoms with Crippen molar-refractivity contribution < 1.29 is 18.9 Å². The van der Waals surface area contributed by atoms with Crippen molar-refractivity contribution >= 4 is 5.82 Å². The molecule has 0 aliphatic carbocycles. The van der Waals surface area contributed by atoms with E-state index in [0.29, 0.717) is 19.8 Å². The van der Waals surface area contributed by atoms with E-state index in [0.717, 1.165) is 16.7 Å². The zero-order valence-corrected chi connectivity index (χ0v) is 21.0. The van der Waals surface area contributed by atoms with Crippen LogP contribution in [0.2, 0.25) is 0 Å². The second-order valence-corrected chi connectivity index (χ2v) is 9.13. The number of anilines is 1. The SMILES string of the molecule is Nc1ccn([C@@H]2O[C@H](COCc3ccccc3)[C@@H](OCc3ccccc3)[C@H]2OCc2ccccc2)c(=O)n1. The van der Waals surface area contributed by atoms with Crippen LogP contribution >= 0.6 is 0 Å². The molecular weight excluding hydrogens is 482 g/mol. The molecule has 0 spiro atoms. The third kappa shape index (κ3) is 6.54. The highest BCUT2D eigenvalue weighted by Crippen LogP contribution is 2.34. The number of ether oxygens (including phenoxy) is 4. The van der Waals surface area contributed by atoms with Gasteiger partial charge in [0, 0.05) is 6.20 Å². The summed E-state index contributed by atoms with van der Waals surface area (Å²) in [6.45, 7) is 1.37. The van der Waals surface area contributed by atoms with Crippen LogP contribution in [-0.2, 0) is 38.8 Å². The molecule has 1 aliphatic rings. The summed E-state index contributed by atoms with van der Waals surface area (Å²) in [4.78, 5) is 16.7. The normalized spacial score (nSPS) is 20.9. The van der Waals surface area contributed by atoms with E-state index in [-0.39, 0.29) is 12.4 Å². The van der Waals surface area contributed by atoms with Gasteiger partial charge in [0.2, 0.25) is 0 Å². The van der Waals surface area contributed by atoms with Crippen LogP contribution in [0.5, 0.6) is 0 Å². The summed E-state index contributed by atoms with van der Waals surface area (Å²) in [7, 11) is 0. The van der Waals surface area contributed by atoms with Gasteiger partial charge in [-0.25, -0.2) is 4.79 Å². The smallest absolute Gasteiger partial charge is 0.351 e. The summed E-state index contributed by atoms with van der Waals surface area (Å²) in [6.07, 6.45) is -0.796. The fourth-order valence-electron chi connectivity index (χ4n) is 4.47. The molecule has 2 heterocycles. The Hall–Kier alpha value is -3.82. The molecule has 38 heavy (non-hydrogen) atoms. The van der Waals surface area contributed by atoms with Crippen LogP contribution in [0.4, 0.5) is 5.82 Å². The molecule has 8 heteroatoms. The van der Waals surface area contributed by atoms with Crippen LogP contribution < -0.4 is 11.4 Å². The molecule has 4 aromatic rings. The van der Waals surface area contributed by atoms with E-state index in [4.69, 9.17) is 24.7 Å². The maximum absolute atomic E-state index is 12.8. The number of nitrogens with zero attached hydrogens (tertiary/aromatic N) is 2. The second kappa shape index (κ2) is 12.6. The first-order valence-corrected chi connectivity index (χ1v) is 12.6. The van der Waals surface area contributed by atoms with Gasteiger partial charge in [0.15, 0.2) is 6.23 Å². The number of rotatable bonds is 11. The highest BCUT2D eigenvalue weighted by atomic mass is 16.6. The summed E-state index contributed by atoms with van der Waals surface area (Å²) in [5.41, 5.74) is 8.30. The predicted octanol–water partition coefficient (Wildman–Crippen LogP) is 4.11. The average Bonchev–Trinajstić information content (AvgIpc) is 3.29. The summed E-state index contributed by atoms with van der Waals surface area (Å²) in [5.74, 6) is 0.144. The molecule has 1 aromatic heterocycles. The van der Waals surface area contributed by atoms with Crippen LogP contribution in [0.3, 0.4) is 0 Å². The quantitative estimate of drug-likeness (QED) is 0.322. The molecule has 196 valence electrons. The third-order valence-corrected chi connectivity index (χ3v) is 6.38. The Balaban J connectivity index is 1.40. The number of hydrogen-bond donors (Lipinski definition) is 1. The Morgan fingerprint density at radius 2 is 1.26 bits per heavy atom. The van der Waals surface area contributed by atoms with E-state index in [1.165, 1.54) is 4.57 Å². The topological polar surface area (TPSA) is 97.8 Å². The van der Waals surface area contributed by atoms with Crippen molar-refractivity contribution in [2.75, 3.05) is 12.3 Å². The summed E-state index contributed by atoms with van der Waals surface area (Å²) in [5, 5.41) is 0. The van der Waals surface area contributed by atoms with Gasteiger partial charge in [-0.05, 0) is 22.8 Å². The number of nitrogens with two attached hydrogens (primary N) is 1. The lowest BCUT2D eigenvalue weighted by molar-refractivity contribution is -0.0921. The molecule has 0 saturated carbocycles. The van der Waals surface area contributed by atoms with Gasteiger partial charge in [-0.2, -0.15) is 4.98 Å². The number of aromatic nitrogens is 2. The van der Waals surface area contributed by atoms with Crippen molar-refractivity contribution in [2.45, 2.75) is 44.4 Å². The van der Waals surface area contributed by atoms with Crippen LogP contribution in [0.1, 0.15) is 22.9 Å². The van der Waals surface area contributed by atoms with Gasteiger partial charge >= 0.3 is 5.69 Å². The lowest BCUT2D eigenvalue weighted by Crippen LogP contribution is -2.40. The van der Waals surface area contributed by atoms with Crippen molar-refractivity contribution in [1.29, 1.82) is 0 Å². The van der Waals surface area contributed by atoms with Crippen molar-refractivity contribution in [2.24, 2.45) is 0 Å². The van der Waals surface area contributed by atoms with Crippen LogP contribution in [-0.4, -0.2) is 34.5 Å². The Labute approximate surface area is 221 Å². The molecule has 0 unspecified atom stereocenters. The molecule has 1 saturated heterocycles. The summed E-state index contributed by atoms with van der Waals surface area (Å²) < 4.78 is 26.7. The second-order valence-electron chi connectivity index (χ2n) is 9.13. The van der Waals surface area contributed by atoms with Gasteiger partial charge in [0.05, 0.1) is 26.4 Å². The van der Waals surface area contributed by atoms with Gasteiger partial charge in [-0.15, -0.1) is 0 Å². The first-order valence-electron chi connectivity index (χ1n) is 12.6. The molecule has 8 nitrogen and oxygen atoms in total. The fraction of sp³-hybridized carbons (Fsp3) is 0.267. The Bertz CT molecular complexity index is 1330. The summed E-state index contributed by atoms with van der Waals surface area (Å²) >= 11 is 0. The van der Waals surface area contributed by atoms with Crippen LogP contribution in [0.25, 0.3) is 0 Å². The van der Waals surface area contributed by atoms with Crippen molar-refractivity contribution in [3.63, 3.8) is 0 Å². The highest BCUT2D eigenvalue weighted by Gasteiger charge is 2.48. The van der Waals surface area contributed by atoms with E-state index in [1.807, 2.05) is 91.0 Å². The van der Waals surface area contributed by atoms with Gasteiger partial charge in [-0.1, -0.05) is 91.0 Å². The van der Waals surface area contributed by atoms with Gasteiger partial charge in [-0.3, -0.25) is 4.57 Å². The Kier molecular flexibility index (Phi) is 8.57. The number of nitrogen functional groups attached to an aromatic ring is 1. The fourth-order valence-corrected chi connectivity index (χ4v) is 4.47. The highest BCUT2D eigenvalue weighted by molar-refractivity contribution is 5.24. The minimum absolute atomic E-state index is 0.144. The third-order valence-electron chi connectivity index (χ3n) is 6.38. The predicted molar refractivity (Wildman–Crippen MR) is 143 cm³/mol. The lowest BCUT2D eigenvalue weighted by Gasteiger charge is -2.25. The van der Waals surface area contributed by atoms with Gasteiger partial charge < -0.3 is 24.7 Å². The standard InChI is InChI=1S/C30H31N3O5/c31-26-16-17-33(30(34)32-26)29-28(37-20-24-14-8-3-9-15-24)27(36-19-23-12-6-2-7-13-23)25(38-29)21-35-18-22-10-4-1-5-11-22/h1-17,25,27-29H,18-21H2,(H2,31,32,34)/t25-,27-,28-,29-/m1/s1. The van der Waals surface area contributed by atoms with E-state index in [9.17, 15) is 4.79 Å². The minimum Gasteiger partial charge on any atom is -0.383 e. The summed E-state index contributed by atoms with van der Waals surface area (Å²) in [6, 6.07) is 31.2. The molecule has 0 bridgehead atoms. The Morgan fingerprint density at radius 3 is 1.82 bits per heavy atom. The zero-order chi connectivity index (χ0) is 26.2. The van der Waals surface area contributed by atoms with Crippen LogP contribution in [0, 0.1) is 0 Å². The van der Waals surface area contributed by atoms with Crippen molar-refractivity contribution in [1.82, 2.24) is 9.55 Å². The van der Waals surface area contributed by atoms with E-state index >= 15 is 0 Å². The van der Waals surface area contributed by atoms with Crippen molar-refractivity contribution in [3.05, 3.63) is 130 Å². The minimum atomic E-state index is -0.773. The largest absolute Gasteiger partial charge is 0.383 e. The molecule has 5 rings (SSSR count). The van der Waals surface area contributed by atoms with E-state index < -0.39 is 30.2 Å². The lowest BCUT2D eigenvalue weighted by atomic mass is 10.1.